The molecular weight excluding hydrogens is 398 g/mol. The number of hydrogen-bond donors (Lipinski definition) is 1. The molecule has 5 aromatic rings. The molecule has 0 radical (unpaired) electrons. The van der Waals surface area contributed by atoms with Crippen molar-refractivity contribution in [1.29, 1.82) is 0 Å². The molecule has 0 aliphatic carbocycles. The van der Waals surface area contributed by atoms with Gasteiger partial charge in [-0.05, 0) is 78.2 Å². The Kier molecular flexibility index (Phi) is 4.34. The molecule has 0 atom stereocenters. The van der Waals surface area contributed by atoms with E-state index in [1.807, 2.05) is 11.3 Å². The van der Waals surface area contributed by atoms with Crippen molar-refractivity contribution in [3.63, 3.8) is 0 Å². The van der Waals surface area contributed by atoms with E-state index in [-0.39, 0.29) is 0 Å². The van der Waals surface area contributed by atoms with E-state index in [0.717, 1.165) is 25.9 Å². The Morgan fingerprint density at radius 2 is 1.81 bits per heavy atom. The summed E-state index contributed by atoms with van der Waals surface area (Å²) in [4.78, 5) is 7.63. The van der Waals surface area contributed by atoms with Gasteiger partial charge in [0.2, 0.25) is 0 Å². The Bertz CT molecular complexity index is 1430. The van der Waals surface area contributed by atoms with Crippen molar-refractivity contribution in [3.05, 3.63) is 70.9 Å². The van der Waals surface area contributed by atoms with Gasteiger partial charge in [-0.15, -0.1) is 11.3 Å². The number of aryl methyl sites for hydroxylation is 2. The van der Waals surface area contributed by atoms with E-state index in [0.29, 0.717) is 0 Å². The number of rotatable bonds is 2. The summed E-state index contributed by atoms with van der Waals surface area (Å²) in [7, 11) is 4.35. The second kappa shape index (κ2) is 7.11. The first-order valence-corrected chi connectivity index (χ1v) is 11.9. The van der Waals surface area contributed by atoms with Gasteiger partial charge in [-0.2, -0.15) is 0 Å². The maximum atomic E-state index is 3.85. The summed E-state index contributed by atoms with van der Waals surface area (Å²) in [5, 5.41) is 4.94. The van der Waals surface area contributed by atoms with Gasteiger partial charge in [0, 0.05) is 65.4 Å². The number of benzene rings is 2. The van der Waals surface area contributed by atoms with E-state index in [1.54, 1.807) is 0 Å². The third-order valence-electron chi connectivity index (χ3n) is 6.84. The zero-order valence-corrected chi connectivity index (χ0v) is 19.1. The Balaban J connectivity index is 1.54. The van der Waals surface area contributed by atoms with E-state index in [4.69, 9.17) is 0 Å². The van der Waals surface area contributed by atoms with Gasteiger partial charge in [-0.25, -0.2) is 0 Å². The Morgan fingerprint density at radius 3 is 2.71 bits per heavy atom. The molecule has 0 fully saturated rings. The largest absolute Gasteiger partial charge is 0.358 e. The summed E-state index contributed by atoms with van der Waals surface area (Å²) < 4.78 is 2.20. The Hall–Kier alpha value is -2.82. The number of aromatic nitrogens is 2. The van der Waals surface area contributed by atoms with E-state index < -0.39 is 0 Å². The summed E-state index contributed by atoms with van der Waals surface area (Å²) in [6, 6.07) is 16.1. The van der Waals surface area contributed by atoms with Crippen LogP contribution < -0.4 is 0 Å². The molecule has 31 heavy (non-hydrogen) atoms. The van der Waals surface area contributed by atoms with Gasteiger partial charge in [0.15, 0.2) is 0 Å². The molecule has 4 heterocycles. The van der Waals surface area contributed by atoms with Gasteiger partial charge in [-0.3, -0.25) is 0 Å². The molecule has 1 aliphatic rings. The number of nitrogens with one attached hydrogen (secondary N) is 1. The Morgan fingerprint density at radius 1 is 0.935 bits per heavy atom. The zero-order valence-electron chi connectivity index (χ0n) is 18.3. The lowest BCUT2D eigenvalue weighted by Gasteiger charge is -2.12. The topological polar surface area (TPSA) is 24.0 Å². The fourth-order valence-corrected chi connectivity index (χ4v) is 6.03. The van der Waals surface area contributed by atoms with Crippen molar-refractivity contribution in [2.75, 3.05) is 20.1 Å². The molecule has 0 saturated carbocycles. The number of likely N-dealkylation sites (N-methyl/N-ethyl adjacent to an activating group) is 1. The van der Waals surface area contributed by atoms with Crippen molar-refractivity contribution < 1.29 is 0 Å². The summed E-state index contributed by atoms with van der Waals surface area (Å²) >= 11 is 1.84. The summed E-state index contributed by atoms with van der Waals surface area (Å²) in [6.07, 6.45) is 4.35. The highest BCUT2D eigenvalue weighted by Crippen LogP contribution is 2.42. The predicted molar refractivity (Wildman–Crippen MR) is 133 cm³/mol. The molecule has 3 nitrogen and oxygen atoms in total. The molecule has 0 unspecified atom stereocenters. The Labute approximate surface area is 186 Å². The van der Waals surface area contributed by atoms with Gasteiger partial charge < -0.3 is 14.5 Å². The monoisotopic (exact) mass is 425 g/mol. The van der Waals surface area contributed by atoms with Gasteiger partial charge in [0.1, 0.15) is 0 Å². The number of nitrogens with zero attached hydrogens (tertiary/aromatic N) is 2. The molecule has 0 bridgehead atoms. The number of hydrogen-bond acceptors (Lipinski definition) is 2. The van der Waals surface area contributed by atoms with Crippen LogP contribution in [0.15, 0.2) is 54.0 Å². The van der Waals surface area contributed by atoms with Gasteiger partial charge in [0.25, 0.3) is 0 Å². The highest BCUT2D eigenvalue weighted by Gasteiger charge is 2.20. The van der Waals surface area contributed by atoms with Crippen molar-refractivity contribution in [2.45, 2.75) is 19.8 Å². The van der Waals surface area contributed by atoms with Gasteiger partial charge in [0.05, 0.1) is 5.52 Å². The molecule has 156 valence electrons. The summed E-state index contributed by atoms with van der Waals surface area (Å²) in [6.45, 7) is 4.48. The lowest BCUT2D eigenvalue weighted by Crippen LogP contribution is -2.21. The van der Waals surface area contributed by atoms with Crippen LogP contribution in [-0.2, 0) is 19.9 Å². The third-order valence-corrected chi connectivity index (χ3v) is 7.80. The van der Waals surface area contributed by atoms with E-state index >= 15 is 0 Å². The van der Waals surface area contributed by atoms with Crippen LogP contribution in [0.3, 0.4) is 0 Å². The molecule has 4 heteroatoms. The minimum absolute atomic E-state index is 1.10. The van der Waals surface area contributed by atoms with Crippen LogP contribution in [0.25, 0.3) is 43.4 Å². The van der Waals surface area contributed by atoms with Crippen molar-refractivity contribution in [2.24, 2.45) is 7.05 Å². The first-order valence-electron chi connectivity index (χ1n) is 11.0. The average molecular weight is 426 g/mol. The van der Waals surface area contributed by atoms with Crippen LogP contribution in [-0.4, -0.2) is 34.6 Å². The zero-order chi connectivity index (χ0) is 21.1. The maximum Gasteiger partial charge on any atom is 0.0539 e. The molecule has 0 saturated heterocycles. The number of H-pyrrole nitrogens is 1. The van der Waals surface area contributed by atoms with Crippen molar-refractivity contribution in [3.8, 4) is 21.6 Å². The number of aromatic amines is 1. The molecule has 1 N–H and O–H groups in total. The van der Waals surface area contributed by atoms with Crippen LogP contribution in [0.2, 0.25) is 0 Å². The van der Waals surface area contributed by atoms with E-state index in [9.17, 15) is 0 Å². The molecule has 2 aromatic carbocycles. The fraction of sp³-hybridized carbons (Fsp3) is 0.259. The third kappa shape index (κ3) is 3.05. The van der Waals surface area contributed by atoms with Crippen molar-refractivity contribution >= 4 is 33.1 Å². The van der Waals surface area contributed by atoms with Crippen LogP contribution in [0.5, 0.6) is 0 Å². The normalized spacial score (nSPS) is 14.9. The van der Waals surface area contributed by atoms with Gasteiger partial charge in [-0.1, -0.05) is 12.1 Å². The van der Waals surface area contributed by atoms with Gasteiger partial charge >= 0.3 is 0 Å². The summed E-state index contributed by atoms with van der Waals surface area (Å²) in [5.41, 5.74) is 10.8. The van der Waals surface area contributed by atoms with Crippen LogP contribution >= 0.6 is 11.3 Å². The molecular formula is C27H27N3S. The quantitative estimate of drug-likeness (QED) is 0.348. The smallest absolute Gasteiger partial charge is 0.0539 e. The lowest BCUT2D eigenvalue weighted by atomic mass is 9.96. The second-order valence-electron chi connectivity index (χ2n) is 8.98. The standard InChI is InChI=1S/C27H27N3S/c1-17-14-22-20-7-10-29(2)11-8-24(20)28-26(22)23(15-17)21-9-13-31-27(21)19-5-4-18-6-12-30(3)25(18)16-19/h4-6,9,12-16,28H,7-8,10-11H2,1-3H3. The SMILES string of the molecule is Cc1cc(-c2ccsc2-c2ccc3ccn(C)c3c2)c2[nH]c3c(c2c1)CCN(C)CC3. The fourth-order valence-electron chi connectivity index (χ4n) is 5.13. The van der Waals surface area contributed by atoms with Crippen LogP contribution in [0.1, 0.15) is 16.8 Å². The van der Waals surface area contributed by atoms with Crippen LogP contribution in [0.4, 0.5) is 0 Å². The molecule has 0 spiro atoms. The van der Waals surface area contributed by atoms with Crippen molar-refractivity contribution in [1.82, 2.24) is 14.5 Å². The molecule has 6 rings (SSSR count). The minimum Gasteiger partial charge on any atom is -0.358 e. The highest BCUT2D eigenvalue weighted by molar-refractivity contribution is 7.14. The average Bonchev–Trinajstić information content (AvgIpc) is 3.44. The summed E-state index contributed by atoms with van der Waals surface area (Å²) in [5.74, 6) is 0. The number of fused-ring (bicyclic) bond motifs is 4. The first kappa shape index (κ1) is 18.9. The highest BCUT2D eigenvalue weighted by atomic mass is 32.1. The minimum atomic E-state index is 1.10. The molecule has 0 amide bonds. The first-order chi connectivity index (χ1) is 15.1. The molecule has 3 aromatic heterocycles. The maximum absolute atomic E-state index is 3.85. The van der Waals surface area contributed by atoms with Crippen LogP contribution in [0, 0.1) is 6.92 Å². The lowest BCUT2D eigenvalue weighted by molar-refractivity contribution is 0.352. The number of thiophene rings is 1. The molecule has 1 aliphatic heterocycles. The predicted octanol–water partition coefficient (Wildman–Crippen LogP) is 6.39. The van der Waals surface area contributed by atoms with E-state index in [1.165, 1.54) is 60.2 Å². The van der Waals surface area contributed by atoms with E-state index in [2.05, 4.69) is 89.5 Å². The second-order valence-corrected chi connectivity index (χ2v) is 9.90.